The van der Waals surface area contributed by atoms with Gasteiger partial charge in [-0.25, -0.2) is 4.68 Å². The van der Waals surface area contributed by atoms with Gasteiger partial charge in [0.1, 0.15) is 0 Å². The minimum Gasteiger partial charge on any atom is -0.267 e. The van der Waals surface area contributed by atoms with Gasteiger partial charge < -0.3 is 0 Å². The molecule has 0 unspecified atom stereocenters. The van der Waals surface area contributed by atoms with Crippen molar-refractivity contribution in [1.29, 1.82) is 0 Å². The lowest BCUT2D eigenvalue weighted by molar-refractivity contribution is 0.548. The number of hydrogen-bond acceptors (Lipinski definition) is 2. The van der Waals surface area contributed by atoms with Crippen LogP contribution in [0.15, 0.2) is 35.3 Å². The third-order valence-electron chi connectivity index (χ3n) is 2.49. The first-order valence-corrected chi connectivity index (χ1v) is 5.28. The number of rotatable bonds is 3. The maximum absolute atomic E-state index is 11.9. The quantitative estimate of drug-likeness (QED) is 0.764. The summed E-state index contributed by atoms with van der Waals surface area (Å²) in [4.78, 5) is 11.9. The molecule has 0 saturated heterocycles. The molecule has 3 nitrogen and oxygen atoms in total. The van der Waals surface area contributed by atoms with E-state index in [1.165, 1.54) is 0 Å². The van der Waals surface area contributed by atoms with E-state index >= 15 is 0 Å². The van der Waals surface area contributed by atoms with E-state index in [1.54, 1.807) is 10.9 Å². The molecular weight excluding hydrogens is 188 g/mol. The molecule has 0 fully saturated rings. The average Bonchev–Trinajstić information content (AvgIpc) is 2.29. The Morgan fingerprint density at radius 1 is 1.33 bits per heavy atom. The molecule has 0 N–H and O–H groups in total. The number of fused-ring (bicyclic) bond motifs is 1. The molecule has 0 amide bonds. The Hall–Kier alpha value is -1.64. The summed E-state index contributed by atoms with van der Waals surface area (Å²) in [5.74, 6) is 0. The van der Waals surface area contributed by atoms with Gasteiger partial charge in [-0.3, -0.25) is 4.79 Å². The highest BCUT2D eigenvalue weighted by molar-refractivity contribution is 5.80. The van der Waals surface area contributed by atoms with Crippen LogP contribution in [0.25, 0.3) is 10.8 Å². The van der Waals surface area contributed by atoms with Crippen LogP contribution in [0.1, 0.15) is 19.8 Å². The predicted octanol–water partition coefficient (Wildman–Crippen LogP) is 2.20. The van der Waals surface area contributed by atoms with E-state index in [0.717, 1.165) is 23.6 Å². The molecule has 0 aliphatic carbocycles. The van der Waals surface area contributed by atoms with E-state index in [-0.39, 0.29) is 5.56 Å². The topological polar surface area (TPSA) is 34.9 Å². The Labute approximate surface area is 88.4 Å². The maximum atomic E-state index is 11.9. The van der Waals surface area contributed by atoms with Gasteiger partial charge in [0.05, 0.1) is 11.6 Å². The third-order valence-corrected chi connectivity index (χ3v) is 2.49. The molecule has 0 radical (unpaired) electrons. The summed E-state index contributed by atoms with van der Waals surface area (Å²) >= 11 is 0. The molecule has 0 aliphatic heterocycles. The van der Waals surface area contributed by atoms with Crippen LogP contribution in [0.5, 0.6) is 0 Å². The zero-order valence-corrected chi connectivity index (χ0v) is 8.81. The van der Waals surface area contributed by atoms with Crippen molar-refractivity contribution in [1.82, 2.24) is 9.78 Å². The second kappa shape index (κ2) is 4.26. The van der Waals surface area contributed by atoms with Crippen LogP contribution in [-0.2, 0) is 6.54 Å². The fourth-order valence-corrected chi connectivity index (χ4v) is 1.59. The summed E-state index contributed by atoms with van der Waals surface area (Å²) in [5, 5.41) is 5.81. The molecule has 78 valence electrons. The van der Waals surface area contributed by atoms with E-state index in [0.29, 0.717) is 6.54 Å². The van der Waals surface area contributed by atoms with Gasteiger partial charge in [-0.05, 0) is 12.5 Å². The summed E-state index contributed by atoms with van der Waals surface area (Å²) < 4.78 is 1.55. The molecule has 0 saturated carbocycles. The predicted molar refractivity (Wildman–Crippen MR) is 60.9 cm³/mol. The van der Waals surface area contributed by atoms with Gasteiger partial charge in [0.15, 0.2) is 0 Å². The Morgan fingerprint density at radius 3 is 2.93 bits per heavy atom. The Balaban J connectivity index is 2.51. The lowest BCUT2D eigenvalue weighted by Crippen LogP contribution is -2.22. The molecule has 0 aliphatic rings. The molecule has 15 heavy (non-hydrogen) atoms. The van der Waals surface area contributed by atoms with Crippen molar-refractivity contribution in [3.05, 3.63) is 40.8 Å². The van der Waals surface area contributed by atoms with Crippen LogP contribution in [-0.4, -0.2) is 9.78 Å². The molecule has 0 spiro atoms. The molecule has 3 heteroatoms. The number of hydrogen-bond donors (Lipinski definition) is 0. The zero-order chi connectivity index (χ0) is 10.7. The van der Waals surface area contributed by atoms with Gasteiger partial charge >= 0.3 is 0 Å². The van der Waals surface area contributed by atoms with Crippen LogP contribution >= 0.6 is 0 Å². The molecule has 1 heterocycles. The molecule has 0 atom stereocenters. The van der Waals surface area contributed by atoms with E-state index < -0.39 is 0 Å². The third kappa shape index (κ3) is 1.91. The van der Waals surface area contributed by atoms with Crippen molar-refractivity contribution < 1.29 is 0 Å². The van der Waals surface area contributed by atoms with E-state index in [9.17, 15) is 4.79 Å². The van der Waals surface area contributed by atoms with E-state index in [1.807, 2.05) is 24.3 Å². The minimum absolute atomic E-state index is 0.0153. The van der Waals surface area contributed by atoms with Gasteiger partial charge in [0.25, 0.3) is 5.56 Å². The van der Waals surface area contributed by atoms with E-state index in [4.69, 9.17) is 0 Å². The highest BCUT2D eigenvalue weighted by Crippen LogP contribution is 2.06. The first kappa shape index (κ1) is 9.90. The van der Waals surface area contributed by atoms with Crippen LogP contribution in [0.3, 0.4) is 0 Å². The average molecular weight is 202 g/mol. The van der Waals surface area contributed by atoms with Crippen LogP contribution in [0.2, 0.25) is 0 Å². The van der Waals surface area contributed by atoms with Crippen LogP contribution in [0, 0.1) is 0 Å². The normalized spacial score (nSPS) is 10.7. The summed E-state index contributed by atoms with van der Waals surface area (Å²) in [7, 11) is 0. The molecule has 1 aromatic carbocycles. The van der Waals surface area contributed by atoms with Gasteiger partial charge in [0, 0.05) is 11.9 Å². The fourth-order valence-electron chi connectivity index (χ4n) is 1.59. The molecule has 2 aromatic rings. The molecule has 1 aromatic heterocycles. The van der Waals surface area contributed by atoms with Gasteiger partial charge in [-0.2, -0.15) is 5.10 Å². The Kier molecular flexibility index (Phi) is 2.81. The van der Waals surface area contributed by atoms with Gasteiger partial charge in [-0.1, -0.05) is 31.5 Å². The van der Waals surface area contributed by atoms with Gasteiger partial charge in [0.2, 0.25) is 0 Å². The summed E-state index contributed by atoms with van der Waals surface area (Å²) in [5.41, 5.74) is 0.0153. The number of benzene rings is 1. The highest BCUT2D eigenvalue weighted by Gasteiger charge is 2.01. The first-order chi connectivity index (χ1) is 7.33. The lowest BCUT2D eigenvalue weighted by Gasteiger charge is -2.04. The van der Waals surface area contributed by atoms with Crippen molar-refractivity contribution in [2.45, 2.75) is 26.3 Å². The monoisotopic (exact) mass is 202 g/mol. The largest absolute Gasteiger partial charge is 0.274 e. The maximum Gasteiger partial charge on any atom is 0.274 e. The Morgan fingerprint density at radius 2 is 2.13 bits per heavy atom. The van der Waals surface area contributed by atoms with Crippen LogP contribution in [0.4, 0.5) is 0 Å². The van der Waals surface area contributed by atoms with Crippen LogP contribution < -0.4 is 5.56 Å². The SMILES string of the molecule is CCCCn1ncc2ccccc2c1=O. The minimum atomic E-state index is 0.0153. The van der Waals surface area contributed by atoms with E-state index in [2.05, 4.69) is 12.0 Å². The van der Waals surface area contributed by atoms with Crippen molar-refractivity contribution in [3.8, 4) is 0 Å². The molecule has 0 bridgehead atoms. The number of aromatic nitrogens is 2. The first-order valence-electron chi connectivity index (χ1n) is 5.28. The molecular formula is C12H14N2O. The van der Waals surface area contributed by atoms with Gasteiger partial charge in [-0.15, -0.1) is 0 Å². The zero-order valence-electron chi connectivity index (χ0n) is 8.81. The standard InChI is InChI=1S/C12H14N2O/c1-2-3-8-14-12(15)11-7-5-4-6-10(11)9-13-14/h4-7,9H,2-3,8H2,1H3. The summed E-state index contributed by atoms with van der Waals surface area (Å²) in [6.45, 7) is 2.81. The second-order valence-electron chi connectivity index (χ2n) is 3.61. The highest BCUT2D eigenvalue weighted by atomic mass is 16.1. The van der Waals surface area contributed by atoms with Crippen molar-refractivity contribution in [2.75, 3.05) is 0 Å². The summed E-state index contributed by atoms with van der Waals surface area (Å²) in [6.07, 6.45) is 3.82. The smallest absolute Gasteiger partial charge is 0.267 e. The number of unbranched alkanes of at least 4 members (excludes halogenated alkanes) is 1. The summed E-state index contributed by atoms with van der Waals surface area (Å²) in [6, 6.07) is 7.56. The number of nitrogens with zero attached hydrogens (tertiary/aromatic N) is 2. The van der Waals surface area contributed by atoms with Crippen molar-refractivity contribution >= 4 is 10.8 Å². The van der Waals surface area contributed by atoms with Crippen molar-refractivity contribution in [2.24, 2.45) is 0 Å². The second-order valence-corrected chi connectivity index (χ2v) is 3.61. The lowest BCUT2D eigenvalue weighted by atomic mass is 10.2. The molecule has 2 rings (SSSR count). The number of aryl methyl sites for hydroxylation is 1. The van der Waals surface area contributed by atoms with Crippen molar-refractivity contribution in [3.63, 3.8) is 0 Å². The Bertz CT molecular complexity index is 516. The fraction of sp³-hybridized carbons (Fsp3) is 0.333.